The van der Waals surface area contributed by atoms with E-state index in [0.717, 1.165) is 23.8 Å². The normalized spacial score (nSPS) is 15.3. The minimum absolute atomic E-state index is 0.547. The van der Waals surface area contributed by atoms with Crippen molar-refractivity contribution < 1.29 is 0 Å². The van der Waals surface area contributed by atoms with E-state index in [1.807, 2.05) is 25.1 Å². The summed E-state index contributed by atoms with van der Waals surface area (Å²) in [5, 5.41) is 17.4. The lowest BCUT2D eigenvalue weighted by atomic mass is 10.2. The Balaban J connectivity index is 1.78. The van der Waals surface area contributed by atoms with Crippen molar-refractivity contribution in [3.8, 4) is 0 Å². The quantitative estimate of drug-likeness (QED) is 0.693. The summed E-state index contributed by atoms with van der Waals surface area (Å²) in [5.74, 6) is 0. The molecule has 1 aromatic carbocycles. The van der Waals surface area contributed by atoms with E-state index in [1.54, 1.807) is 0 Å². The van der Waals surface area contributed by atoms with E-state index in [9.17, 15) is 0 Å². The molecular formula is C13H16N6S. The fraction of sp³-hybridized carbons (Fsp3) is 0.385. The Morgan fingerprint density at radius 3 is 2.65 bits per heavy atom. The van der Waals surface area contributed by atoms with Gasteiger partial charge in [0.1, 0.15) is 10.7 Å². The Morgan fingerprint density at radius 2 is 2.00 bits per heavy atom. The van der Waals surface area contributed by atoms with Crippen LogP contribution in [0.15, 0.2) is 28.4 Å². The lowest BCUT2D eigenvalue weighted by Gasteiger charge is -2.18. The molecule has 2 aromatic rings. The van der Waals surface area contributed by atoms with Crippen molar-refractivity contribution in [2.75, 3.05) is 23.7 Å². The molecule has 0 bridgehead atoms. The van der Waals surface area contributed by atoms with Gasteiger partial charge in [0.05, 0.1) is 5.69 Å². The second-order valence-electron chi connectivity index (χ2n) is 4.74. The molecule has 0 amide bonds. The Hall–Kier alpha value is -2.02. The SMILES string of the molecule is Cc1nnc(N=Nc2ccc(N3CCCC3)cc2N)s1. The van der Waals surface area contributed by atoms with Crippen LogP contribution in [-0.2, 0) is 0 Å². The van der Waals surface area contributed by atoms with Crippen LogP contribution in [0.4, 0.5) is 22.2 Å². The van der Waals surface area contributed by atoms with Gasteiger partial charge in [-0.1, -0.05) is 11.3 Å². The third-order valence-corrected chi connectivity index (χ3v) is 3.96. The molecule has 0 aliphatic carbocycles. The second-order valence-corrected chi connectivity index (χ2v) is 5.90. The summed E-state index contributed by atoms with van der Waals surface area (Å²) < 4.78 is 0. The van der Waals surface area contributed by atoms with E-state index < -0.39 is 0 Å². The molecule has 0 unspecified atom stereocenters. The zero-order chi connectivity index (χ0) is 13.9. The maximum Gasteiger partial charge on any atom is 0.251 e. The maximum atomic E-state index is 6.05. The number of nitrogens with two attached hydrogens (primary N) is 1. The smallest absolute Gasteiger partial charge is 0.251 e. The van der Waals surface area contributed by atoms with E-state index in [1.165, 1.54) is 24.2 Å². The van der Waals surface area contributed by atoms with Crippen LogP contribution in [0, 0.1) is 6.92 Å². The van der Waals surface area contributed by atoms with Gasteiger partial charge in [0.2, 0.25) is 0 Å². The summed E-state index contributed by atoms with van der Waals surface area (Å²) in [6, 6.07) is 5.91. The van der Waals surface area contributed by atoms with Crippen LogP contribution >= 0.6 is 11.3 Å². The molecule has 20 heavy (non-hydrogen) atoms. The van der Waals surface area contributed by atoms with Gasteiger partial charge in [0, 0.05) is 18.8 Å². The minimum atomic E-state index is 0.547. The van der Waals surface area contributed by atoms with Gasteiger partial charge in [-0.25, -0.2) is 0 Å². The van der Waals surface area contributed by atoms with Crippen molar-refractivity contribution in [2.24, 2.45) is 10.2 Å². The highest BCUT2D eigenvalue weighted by molar-refractivity contribution is 7.14. The van der Waals surface area contributed by atoms with Crippen molar-refractivity contribution in [3.63, 3.8) is 0 Å². The molecule has 0 radical (unpaired) electrons. The van der Waals surface area contributed by atoms with Gasteiger partial charge in [-0.05, 0) is 38.0 Å². The summed E-state index contributed by atoms with van der Waals surface area (Å²) in [6.45, 7) is 4.09. The summed E-state index contributed by atoms with van der Waals surface area (Å²) in [7, 11) is 0. The number of nitrogen functional groups attached to an aromatic ring is 1. The molecular weight excluding hydrogens is 272 g/mol. The van der Waals surface area contributed by atoms with Crippen LogP contribution in [0.5, 0.6) is 0 Å². The molecule has 7 heteroatoms. The summed E-state index contributed by atoms with van der Waals surface area (Å²) in [6.07, 6.45) is 2.50. The van der Waals surface area contributed by atoms with Crippen molar-refractivity contribution >= 4 is 33.5 Å². The molecule has 1 fully saturated rings. The van der Waals surface area contributed by atoms with Crippen LogP contribution in [-0.4, -0.2) is 23.3 Å². The molecule has 1 aliphatic rings. The number of hydrogen-bond donors (Lipinski definition) is 1. The number of aryl methyl sites for hydroxylation is 1. The second kappa shape index (κ2) is 5.54. The highest BCUT2D eigenvalue weighted by Gasteiger charge is 2.13. The third-order valence-electron chi connectivity index (χ3n) is 3.24. The van der Waals surface area contributed by atoms with Crippen molar-refractivity contribution in [1.82, 2.24) is 10.2 Å². The minimum Gasteiger partial charge on any atom is -0.397 e. The summed E-state index contributed by atoms with van der Waals surface area (Å²) in [5.41, 5.74) is 8.51. The Bertz CT molecular complexity index is 630. The Labute approximate surface area is 121 Å². The predicted molar refractivity (Wildman–Crippen MR) is 81.1 cm³/mol. The van der Waals surface area contributed by atoms with Crippen LogP contribution in [0.2, 0.25) is 0 Å². The van der Waals surface area contributed by atoms with Gasteiger partial charge in [-0.15, -0.1) is 20.4 Å². The first-order valence-corrected chi connectivity index (χ1v) is 7.40. The number of aromatic nitrogens is 2. The monoisotopic (exact) mass is 288 g/mol. The first kappa shape index (κ1) is 13.0. The number of nitrogens with zero attached hydrogens (tertiary/aromatic N) is 5. The summed E-state index contributed by atoms with van der Waals surface area (Å²) in [4.78, 5) is 2.34. The third kappa shape index (κ3) is 2.77. The number of benzene rings is 1. The van der Waals surface area contributed by atoms with Gasteiger partial charge in [-0.2, -0.15) is 0 Å². The standard InChI is InChI=1S/C13H16N6S/c1-9-15-17-13(20-9)18-16-12-5-4-10(8-11(12)14)19-6-2-3-7-19/h4-5,8H,2-3,6-7,14H2,1H3. The highest BCUT2D eigenvalue weighted by Crippen LogP contribution is 2.30. The molecule has 1 saturated heterocycles. The first-order valence-electron chi connectivity index (χ1n) is 6.59. The fourth-order valence-electron chi connectivity index (χ4n) is 2.23. The van der Waals surface area contributed by atoms with Gasteiger partial charge in [0.25, 0.3) is 5.13 Å². The predicted octanol–water partition coefficient (Wildman–Crippen LogP) is 3.44. The molecule has 2 heterocycles. The molecule has 6 nitrogen and oxygen atoms in total. The number of anilines is 2. The van der Waals surface area contributed by atoms with Crippen LogP contribution in [0.1, 0.15) is 17.8 Å². The van der Waals surface area contributed by atoms with Crippen molar-refractivity contribution in [2.45, 2.75) is 19.8 Å². The lowest BCUT2D eigenvalue weighted by molar-refractivity contribution is 0.949. The van der Waals surface area contributed by atoms with E-state index in [0.29, 0.717) is 16.5 Å². The molecule has 104 valence electrons. The van der Waals surface area contributed by atoms with E-state index in [2.05, 4.69) is 25.3 Å². The lowest BCUT2D eigenvalue weighted by Crippen LogP contribution is -2.17. The number of rotatable bonds is 3. The Morgan fingerprint density at radius 1 is 1.20 bits per heavy atom. The van der Waals surface area contributed by atoms with E-state index in [-0.39, 0.29) is 0 Å². The maximum absolute atomic E-state index is 6.05. The highest BCUT2D eigenvalue weighted by atomic mass is 32.1. The van der Waals surface area contributed by atoms with Gasteiger partial charge in [-0.3, -0.25) is 0 Å². The van der Waals surface area contributed by atoms with Crippen molar-refractivity contribution in [3.05, 3.63) is 23.2 Å². The molecule has 0 saturated carbocycles. The fourth-order valence-corrected chi connectivity index (χ4v) is 2.74. The average Bonchev–Trinajstić information content (AvgIpc) is 3.08. The zero-order valence-corrected chi connectivity index (χ0v) is 12.1. The molecule has 0 atom stereocenters. The molecule has 3 rings (SSSR count). The summed E-state index contributed by atoms with van der Waals surface area (Å²) >= 11 is 1.40. The Kier molecular flexibility index (Phi) is 3.60. The topological polar surface area (TPSA) is 79.8 Å². The van der Waals surface area contributed by atoms with Crippen molar-refractivity contribution in [1.29, 1.82) is 0 Å². The zero-order valence-electron chi connectivity index (χ0n) is 11.3. The van der Waals surface area contributed by atoms with E-state index >= 15 is 0 Å². The largest absolute Gasteiger partial charge is 0.397 e. The number of azo groups is 1. The van der Waals surface area contributed by atoms with Crippen LogP contribution in [0.3, 0.4) is 0 Å². The van der Waals surface area contributed by atoms with Crippen LogP contribution in [0.25, 0.3) is 0 Å². The number of hydrogen-bond acceptors (Lipinski definition) is 7. The molecule has 1 aliphatic heterocycles. The van der Waals surface area contributed by atoms with Gasteiger partial charge in [0.15, 0.2) is 0 Å². The van der Waals surface area contributed by atoms with E-state index in [4.69, 9.17) is 5.73 Å². The van der Waals surface area contributed by atoms with Gasteiger partial charge < -0.3 is 10.6 Å². The van der Waals surface area contributed by atoms with Gasteiger partial charge >= 0.3 is 0 Å². The molecule has 0 spiro atoms. The molecule has 1 aromatic heterocycles. The first-order chi connectivity index (χ1) is 9.72. The molecule has 2 N–H and O–H groups in total. The van der Waals surface area contributed by atoms with Crippen LogP contribution < -0.4 is 10.6 Å². The average molecular weight is 288 g/mol.